The third-order valence-corrected chi connectivity index (χ3v) is 4.72. The summed E-state index contributed by atoms with van der Waals surface area (Å²) in [6.07, 6.45) is 12.0. The highest BCUT2D eigenvalue weighted by atomic mass is 79.9. The van der Waals surface area contributed by atoms with Gasteiger partial charge in [-0.1, -0.05) is 35.2 Å². The van der Waals surface area contributed by atoms with Gasteiger partial charge in [-0.2, -0.15) is 0 Å². The molecule has 1 heterocycles. The molecule has 1 saturated heterocycles. The highest BCUT2D eigenvalue weighted by molar-refractivity contribution is 9.09. The topological polar surface area (TPSA) is 9.23 Å². The number of hydrogen-bond acceptors (Lipinski definition) is 1. The summed E-state index contributed by atoms with van der Waals surface area (Å²) >= 11 is 3.80. The van der Waals surface area contributed by atoms with E-state index in [4.69, 9.17) is 4.74 Å². The van der Waals surface area contributed by atoms with Gasteiger partial charge in [0, 0.05) is 4.83 Å². The smallest absolute Gasteiger partial charge is 0.0582 e. The van der Waals surface area contributed by atoms with Gasteiger partial charge in [-0.05, 0) is 44.9 Å². The van der Waals surface area contributed by atoms with Gasteiger partial charge in [0.2, 0.25) is 0 Å². The van der Waals surface area contributed by atoms with Gasteiger partial charge >= 0.3 is 0 Å². The molecule has 0 radical (unpaired) electrons. The Labute approximate surface area is 102 Å². The Kier molecular flexibility index (Phi) is 4.51. The largest absolute Gasteiger partial charge is 0.375 e. The van der Waals surface area contributed by atoms with Crippen molar-refractivity contribution in [3.8, 4) is 0 Å². The lowest BCUT2D eigenvalue weighted by Gasteiger charge is -2.20. The Bertz CT molecular complexity index is 195. The number of hydrogen-bond donors (Lipinski definition) is 0. The number of alkyl halides is 1. The molecule has 1 nitrogen and oxygen atoms in total. The predicted molar refractivity (Wildman–Crippen MR) is 67.5 cm³/mol. The maximum atomic E-state index is 5.92. The molecule has 15 heavy (non-hydrogen) atoms. The van der Waals surface area contributed by atoms with Gasteiger partial charge in [0.05, 0.1) is 12.2 Å². The van der Waals surface area contributed by atoms with E-state index in [-0.39, 0.29) is 0 Å². The lowest BCUT2D eigenvalue weighted by atomic mass is 9.93. The Morgan fingerprint density at radius 3 is 2.67 bits per heavy atom. The Balaban J connectivity index is 1.77. The molecule has 2 rings (SSSR count). The van der Waals surface area contributed by atoms with E-state index in [0.29, 0.717) is 12.2 Å². The van der Waals surface area contributed by atoms with Gasteiger partial charge in [-0.25, -0.2) is 0 Å². The Morgan fingerprint density at radius 1 is 1.13 bits per heavy atom. The molecular formula is C13H23BrO. The van der Waals surface area contributed by atoms with E-state index in [9.17, 15) is 0 Å². The fourth-order valence-corrected chi connectivity index (χ4v) is 3.89. The first-order chi connectivity index (χ1) is 7.24. The van der Waals surface area contributed by atoms with Crippen LogP contribution in [-0.4, -0.2) is 17.0 Å². The van der Waals surface area contributed by atoms with Gasteiger partial charge in [0.1, 0.15) is 0 Å². The van der Waals surface area contributed by atoms with Crippen molar-refractivity contribution >= 4 is 15.9 Å². The van der Waals surface area contributed by atoms with Crippen LogP contribution in [0.15, 0.2) is 0 Å². The zero-order valence-electron chi connectivity index (χ0n) is 9.75. The van der Waals surface area contributed by atoms with Crippen LogP contribution in [0, 0.1) is 5.92 Å². The van der Waals surface area contributed by atoms with Crippen molar-refractivity contribution in [3.63, 3.8) is 0 Å². The molecule has 2 aliphatic rings. The van der Waals surface area contributed by atoms with E-state index in [0.717, 1.165) is 10.7 Å². The summed E-state index contributed by atoms with van der Waals surface area (Å²) in [4.78, 5) is 0.767. The minimum Gasteiger partial charge on any atom is -0.375 e. The Morgan fingerprint density at radius 2 is 1.93 bits per heavy atom. The second-order valence-electron chi connectivity index (χ2n) is 5.37. The molecule has 1 saturated carbocycles. The monoisotopic (exact) mass is 274 g/mol. The molecule has 0 spiro atoms. The molecule has 2 heteroatoms. The normalized spacial score (nSPS) is 42.8. The summed E-state index contributed by atoms with van der Waals surface area (Å²) in [5, 5.41) is 0. The van der Waals surface area contributed by atoms with Crippen LogP contribution in [-0.2, 0) is 4.74 Å². The average Bonchev–Trinajstić information content (AvgIpc) is 2.46. The molecule has 0 aromatic carbocycles. The zero-order valence-corrected chi connectivity index (χ0v) is 11.3. The fourth-order valence-electron chi connectivity index (χ4n) is 3.04. The van der Waals surface area contributed by atoms with Gasteiger partial charge in [0.15, 0.2) is 0 Å². The van der Waals surface area contributed by atoms with Gasteiger partial charge in [0.25, 0.3) is 0 Å². The van der Waals surface area contributed by atoms with Crippen molar-refractivity contribution in [1.82, 2.24) is 0 Å². The van der Waals surface area contributed by atoms with E-state index >= 15 is 0 Å². The quantitative estimate of drug-likeness (QED) is 0.539. The first kappa shape index (κ1) is 11.9. The van der Waals surface area contributed by atoms with Crippen LogP contribution in [0.2, 0.25) is 0 Å². The van der Waals surface area contributed by atoms with Crippen LogP contribution < -0.4 is 0 Å². The number of rotatable bonds is 2. The van der Waals surface area contributed by atoms with Crippen LogP contribution in [0.4, 0.5) is 0 Å². The van der Waals surface area contributed by atoms with E-state index in [1.165, 1.54) is 51.4 Å². The average molecular weight is 275 g/mol. The molecule has 0 bridgehead atoms. The highest BCUT2D eigenvalue weighted by Gasteiger charge is 2.26. The van der Waals surface area contributed by atoms with Gasteiger partial charge in [-0.3, -0.25) is 0 Å². The second kappa shape index (κ2) is 5.67. The molecule has 1 aliphatic heterocycles. The minimum atomic E-state index is 0.514. The first-order valence-electron chi connectivity index (χ1n) is 6.53. The summed E-state index contributed by atoms with van der Waals surface area (Å²) in [7, 11) is 0. The molecule has 0 amide bonds. The maximum absolute atomic E-state index is 5.92. The molecular weight excluding hydrogens is 252 g/mol. The van der Waals surface area contributed by atoms with E-state index < -0.39 is 0 Å². The lowest BCUT2D eigenvalue weighted by molar-refractivity contribution is 0.0395. The van der Waals surface area contributed by atoms with Crippen LogP contribution in [0.25, 0.3) is 0 Å². The summed E-state index contributed by atoms with van der Waals surface area (Å²) in [6, 6.07) is 0. The van der Waals surface area contributed by atoms with Crippen molar-refractivity contribution in [2.75, 3.05) is 0 Å². The third kappa shape index (κ3) is 3.74. The number of ether oxygens (including phenoxy) is 1. The van der Waals surface area contributed by atoms with Gasteiger partial charge in [-0.15, -0.1) is 0 Å². The van der Waals surface area contributed by atoms with Crippen molar-refractivity contribution in [3.05, 3.63) is 0 Å². The molecule has 0 N–H and O–H groups in total. The molecule has 4 unspecified atom stereocenters. The van der Waals surface area contributed by atoms with Crippen LogP contribution >= 0.6 is 15.9 Å². The summed E-state index contributed by atoms with van der Waals surface area (Å²) in [5.41, 5.74) is 0. The lowest BCUT2D eigenvalue weighted by Crippen LogP contribution is -2.15. The summed E-state index contributed by atoms with van der Waals surface area (Å²) in [5.74, 6) is 0.909. The fraction of sp³-hybridized carbons (Fsp3) is 1.00. The van der Waals surface area contributed by atoms with E-state index in [1.807, 2.05) is 0 Å². The molecule has 1 aliphatic carbocycles. The highest BCUT2D eigenvalue weighted by Crippen LogP contribution is 2.33. The third-order valence-electron chi connectivity index (χ3n) is 3.88. The summed E-state index contributed by atoms with van der Waals surface area (Å²) < 4.78 is 5.92. The SMILES string of the molecule is CC1CCC(CC2CCCCC(Br)C2)O1. The van der Waals surface area contributed by atoms with E-state index in [1.54, 1.807) is 0 Å². The Hall–Kier alpha value is 0.440. The van der Waals surface area contributed by atoms with Crippen LogP contribution in [0.5, 0.6) is 0 Å². The van der Waals surface area contributed by atoms with Crippen molar-refractivity contribution in [2.45, 2.75) is 75.3 Å². The van der Waals surface area contributed by atoms with Crippen LogP contribution in [0.1, 0.15) is 58.3 Å². The van der Waals surface area contributed by atoms with Crippen LogP contribution in [0.3, 0.4) is 0 Å². The van der Waals surface area contributed by atoms with Crippen molar-refractivity contribution < 1.29 is 4.74 Å². The van der Waals surface area contributed by atoms with Gasteiger partial charge < -0.3 is 4.74 Å². The molecule has 88 valence electrons. The summed E-state index contributed by atoms with van der Waals surface area (Å²) in [6.45, 7) is 2.21. The standard InChI is InChI=1S/C13H23BrO/c1-10-6-7-13(15-10)9-11-4-2-3-5-12(14)8-11/h10-13H,2-9H2,1H3. The minimum absolute atomic E-state index is 0.514. The predicted octanol–water partition coefficient (Wildman–Crippen LogP) is 4.29. The maximum Gasteiger partial charge on any atom is 0.0582 e. The first-order valence-corrected chi connectivity index (χ1v) is 7.45. The molecule has 0 aromatic heterocycles. The molecule has 0 aromatic rings. The van der Waals surface area contributed by atoms with E-state index in [2.05, 4.69) is 22.9 Å². The zero-order chi connectivity index (χ0) is 10.7. The second-order valence-corrected chi connectivity index (χ2v) is 6.66. The molecule has 2 fully saturated rings. The van der Waals surface area contributed by atoms with Crippen molar-refractivity contribution in [1.29, 1.82) is 0 Å². The molecule has 4 atom stereocenters. The number of halogens is 1. The van der Waals surface area contributed by atoms with Crippen molar-refractivity contribution in [2.24, 2.45) is 5.92 Å².